The van der Waals surface area contributed by atoms with Crippen LogP contribution in [-0.2, 0) is 6.54 Å². The summed E-state index contributed by atoms with van der Waals surface area (Å²) in [6.45, 7) is 5.49. The summed E-state index contributed by atoms with van der Waals surface area (Å²) in [6, 6.07) is 1.74. The molecule has 0 aliphatic carbocycles. The normalized spacial score (nSPS) is 11.0. The zero-order chi connectivity index (χ0) is 15.2. The van der Waals surface area contributed by atoms with Crippen LogP contribution in [0.1, 0.15) is 30.6 Å². The predicted molar refractivity (Wildman–Crippen MR) is 87.6 cm³/mol. The molecular weight excluding hydrogens is 286 g/mol. The molecule has 3 N–H and O–H groups in total. The maximum Gasteiger partial charge on any atom is 0.252 e. The van der Waals surface area contributed by atoms with E-state index in [4.69, 9.17) is 5.73 Å². The fourth-order valence-corrected chi connectivity index (χ4v) is 2.79. The first-order valence-electron chi connectivity index (χ1n) is 7.15. The first kappa shape index (κ1) is 15.6. The summed E-state index contributed by atoms with van der Waals surface area (Å²) < 4.78 is 1.82. The Balaban J connectivity index is 2.03. The summed E-state index contributed by atoms with van der Waals surface area (Å²) in [6.07, 6.45) is 2.73. The minimum absolute atomic E-state index is 0.119. The molecule has 0 aromatic carbocycles. The number of aryl methyl sites for hydroxylation is 1. The van der Waals surface area contributed by atoms with Crippen molar-refractivity contribution in [2.45, 2.75) is 26.8 Å². The van der Waals surface area contributed by atoms with Crippen LogP contribution in [0, 0.1) is 0 Å². The number of hydrogen-bond donors (Lipinski definition) is 2. The highest BCUT2D eigenvalue weighted by Crippen LogP contribution is 2.16. The average Bonchev–Trinajstić information content (AvgIpc) is 2.80. The molecule has 6 nitrogen and oxygen atoms in total. The molecule has 2 heterocycles. The summed E-state index contributed by atoms with van der Waals surface area (Å²) in [4.78, 5) is 20.6. The number of thioether (sulfide) groups is 1. The number of nitrogens with zero attached hydrogens (tertiary/aromatic N) is 3. The number of fused-ring (bicyclic) bond motifs is 1. The molecule has 0 atom stereocenters. The molecule has 0 saturated carbocycles. The van der Waals surface area contributed by atoms with Gasteiger partial charge >= 0.3 is 0 Å². The molecule has 21 heavy (non-hydrogen) atoms. The Morgan fingerprint density at radius 1 is 1.43 bits per heavy atom. The molecule has 0 bridgehead atoms. The largest absolute Gasteiger partial charge is 0.369 e. The standard InChI is InChI=1S/C14H21N5OS/c1-3-6-21-7-5-16-13(20)10-8-11-12(17-9-10)19(4-2)14(15)18-11/h8-9H,3-7H2,1-2H3,(H2,15,18)(H,16,20). The number of hydrogen-bond acceptors (Lipinski definition) is 5. The van der Waals surface area contributed by atoms with E-state index in [2.05, 4.69) is 22.2 Å². The molecule has 0 fully saturated rings. The van der Waals surface area contributed by atoms with Crippen LogP contribution in [-0.4, -0.2) is 38.5 Å². The zero-order valence-electron chi connectivity index (χ0n) is 12.4. The van der Waals surface area contributed by atoms with Crippen LogP contribution in [0.2, 0.25) is 0 Å². The topological polar surface area (TPSA) is 85.8 Å². The second kappa shape index (κ2) is 7.31. The zero-order valence-corrected chi connectivity index (χ0v) is 13.2. The summed E-state index contributed by atoms with van der Waals surface area (Å²) in [7, 11) is 0. The van der Waals surface area contributed by atoms with Crippen LogP contribution < -0.4 is 11.1 Å². The molecule has 0 radical (unpaired) electrons. The number of nitrogen functional groups attached to an aromatic ring is 1. The minimum atomic E-state index is -0.119. The van der Waals surface area contributed by atoms with Gasteiger partial charge in [0.05, 0.1) is 5.56 Å². The first-order chi connectivity index (χ1) is 10.2. The molecule has 0 saturated heterocycles. The van der Waals surface area contributed by atoms with Gasteiger partial charge in [-0.2, -0.15) is 11.8 Å². The SMILES string of the molecule is CCCSCCNC(=O)c1cnc2c(c1)nc(N)n2CC. The van der Waals surface area contributed by atoms with Crippen LogP contribution in [0.25, 0.3) is 11.2 Å². The number of carbonyl (C=O) groups excluding carboxylic acids is 1. The van der Waals surface area contributed by atoms with E-state index in [1.54, 1.807) is 12.3 Å². The van der Waals surface area contributed by atoms with Gasteiger partial charge in [0.15, 0.2) is 5.65 Å². The molecule has 2 rings (SSSR count). The maximum atomic E-state index is 12.1. The van der Waals surface area contributed by atoms with Crippen molar-refractivity contribution >= 4 is 34.8 Å². The average molecular weight is 307 g/mol. The van der Waals surface area contributed by atoms with E-state index in [1.165, 1.54) is 0 Å². The van der Waals surface area contributed by atoms with Gasteiger partial charge < -0.3 is 11.1 Å². The van der Waals surface area contributed by atoms with Crippen molar-refractivity contribution in [2.75, 3.05) is 23.8 Å². The fourth-order valence-electron chi connectivity index (χ4n) is 2.05. The second-order valence-electron chi connectivity index (χ2n) is 4.65. The molecule has 2 aromatic heterocycles. The first-order valence-corrected chi connectivity index (χ1v) is 8.30. The third kappa shape index (κ3) is 3.66. The lowest BCUT2D eigenvalue weighted by Crippen LogP contribution is -2.25. The van der Waals surface area contributed by atoms with Gasteiger partial charge in [-0.05, 0) is 25.2 Å². The second-order valence-corrected chi connectivity index (χ2v) is 5.87. The van der Waals surface area contributed by atoms with Gasteiger partial charge in [0.1, 0.15) is 5.52 Å². The van der Waals surface area contributed by atoms with Crippen molar-refractivity contribution in [3.8, 4) is 0 Å². The number of amides is 1. The van der Waals surface area contributed by atoms with E-state index in [9.17, 15) is 4.79 Å². The summed E-state index contributed by atoms with van der Waals surface area (Å²) >= 11 is 1.84. The maximum absolute atomic E-state index is 12.1. The Bertz CT molecular complexity index is 625. The number of nitrogens with one attached hydrogen (secondary N) is 1. The van der Waals surface area contributed by atoms with Crippen molar-refractivity contribution in [2.24, 2.45) is 0 Å². The predicted octanol–water partition coefficient (Wildman–Crippen LogP) is 1.91. The number of rotatable bonds is 7. The van der Waals surface area contributed by atoms with Gasteiger partial charge in [0.25, 0.3) is 5.91 Å². The molecule has 7 heteroatoms. The molecule has 114 valence electrons. The molecule has 0 aliphatic heterocycles. The third-order valence-corrected chi connectivity index (χ3v) is 4.26. The van der Waals surface area contributed by atoms with Crippen LogP contribution in [0.5, 0.6) is 0 Å². The van der Waals surface area contributed by atoms with Gasteiger partial charge in [0.2, 0.25) is 5.95 Å². The Labute approximate surface area is 128 Å². The lowest BCUT2D eigenvalue weighted by atomic mass is 10.2. The summed E-state index contributed by atoms with van der Waals surface area (Å²) in [5.41, 5.74) is 7.71. The molecule has 0 spiro atoms. The van der Waals surface area contributed by atoms with Gasteiger partial charge in [-0.1, -0.05) is 6.92 Å². The summed E-state index contributed by atoms with van der Waals surface area (Å²) in [5.74, 6) is 2.35. The third-order valence-electron chi connectivity index (χ3n) is 3.07. The number of anilines is 1. The highest BCUT2D eigenvalue weighted by atomic mass is 32.2. The van der Waals surface area contributed by atoms with Crippen LogP contribution >= 0.6 is 11.8 Å². The van der Waals surface area contributed by atoms with Crippen LogP contribution in [0.15, 0.2) is 12.3 Å². The highest BCUT2D eigenvalue weighted by molar-refractivity contribution is 7.99. The number of imidazole rings is 1. The van der Waals surface area contributed by atoms with Gasteiger partial charge in [-0.3, -0.25) is 9.36 Å². The smallest absolute Gasteiger partial charge is 0.252 e. The van der Waals surface area contributed by atoms with E-state index >= 15 is 0 Å². The van der Waals surface area contributed by atoms with Crippen LogP contribution in [0.4, 0.5) is 5.95 Å². The van der Waals surface area contributed by atoms with Crippen LogP contribution in [0.3, 0.4) is 0 Å². The Morgan fingerprint density at radius 2 is 2.24 bits per heavy atom. The fraction of sp³-hybridized carbons (Fsp3) is 0.500. The summed E-state index contributed by atoms with van der Waals surface area (Å²) in [5, 5.41) is 2.89. The Kier molecular flexibility index (Phi) is 5.44. The van der Waals surface area contributed by atoms with E-state index in [1.807, 2.05) is 23.3 Å². The number of carbonyl (C=O) groups is 1. The molecule has 1 amide bonds. The van der Waals surface area contributed by atoms with E-state index < -0.39 is 0 Å². The van der Waals surface area contributed by atoms with Crippen molar-refractivity contribution in [1.82, 2.24) is 19.9 Å². The highest BCUT2D eigenvalue weighted by Gasteiger charge is 2.12. The number of aromatic nitrogens is 3. The monoisotopic (exact) mass is 307 g/mol. The Morgan fingerprint density at radius 3 is 2.95 bits per heavy atom. The quantitative estimate of drug-likeness (QED) is 0.763. The van der Waals surface area contributed by atoms with Crippen molar-refractivity contribution < 1.29 is 4.79 Å². The number of nitrogens with two attached hydrogens (primary N) is 1. The molecule has 2 aromatic rings. The molecular formula is C14H21N5OS. The lowest BCUT2D eigenvalue weighted by molar-refractivity contribution is 0.0956. The van der Waals surface area contributed by atoms with Gasteiger partial charge in [-0.15, -0.1) is 0 Å². The van der Waals surface area contributed by atoms with Gasteiger partial charge in [-0.25, -0.2) is 9.97 Å². The van der Waals surface area contributed by atoms with Crippen molar-refractivity contribution in [3.63, 3.8) is 0 Å². The number of pyridine rings is 1. The van der Waals surface area contributed by atoms with Crippen molar-refractivity contribution in [3.05, 3.63) is 17.8 Å². The molecule has 0 unspecified atom stereocenters. The van der Waals surface area contributed by atoms with Gasteiger partial charge in [0, 0.05) is 25.0 Å². The van der Waals surface area contributed by atoms with Crippen molar-refractivity contribution in [1.29, 1.82) is 0 Å². The van der Waals surface area contributed by atoms with E-state index in [-0.39, 0.29) is 5.91 Å². The Hall–Kier alpha value is -1.76. The van der Waals surface area contributed by atoms with E-state index in [0.717, 1.165) is 17.9 Å². The molecule has 0 aliphatic rings. The minimum Gasteiger partial charge on any atom is -0.369 e. The lowest BCUT2D eigenvalue weighted by Gasteiger charge is -2.05. The van der Waals surface area contributed by atoms with E-state index in [0.29, 0.717) is 35.8 Å².